The smallest absolute Gasteiger partial charge is 0.234 e. The van der Waals surface area contributed by atoms with Gasteiger partial charge in [-0.2, -0.15) is 0 Å². The topological polar surface area (TPSA) is 51.0 Å². The molecular formula is C20H20N4OS. The van der Waals surface area contributed by atoms with Gasteiger partial charge in [-0.25, -0.2) is 4.68 Å². The second kappa shape index (κ2) is 7.33. The summed E-state index contributed by atoms with van der Waals surface area (Å²) in [6.07, 6.45) is 1.95. The Morgan fingerprint density at radius 2 is 1.88 bits per heavy atom. The molecule has 1 aliphatic rings. The van der Waals surface area contributed by atoms with Crippen LogP contribution in [0.15, 0.2) is 60.8 Å². The van der Waals surface area contributed by atoms with Crippen LogP contribution in [0.2, 0.25) is 0 Å². The number of carbonyl (C=O) groups is 1. The third-order valence-electron chi connectivity index (χ3n) is 4.40. The van der Waals surface area contributed by atoms with Gasteiger partial charge in [0.2, 0.25) is 5.91 Å². The SMILES string of the molecule is Cc1cccc(Cn2cc(C3SCC(=O)N3Cc3ccccc3)nn2)c1. The molecule has 4 rings (SSSR count). The van der Waals surface area contributed by atoms with Crippen LogP contribution < -0.4 is 0 Å². The van der Waals surface area contributed by atoms with Gasteiger partial charge in [0, 0.05) is 6.54 Å². The fourth-order valence-corrected chi connectivity index (χ4v) is 4.27. The standard InChI is InChI=1S/C20H20N4OS/c1-15-6-5-9-17(10-15)11-23-13-18(21-22-23)20-24(19(25)14-26-20)12-16-7-3-2-4-8-16/h2-10,13,20H,11-12,14H2,1H3. The second-order valence-corrected chi connectivity index (χ2v) is 7.57. The first kappa shape index (κ1) is 16.8. The molecule has 1 fully saturated rings. The molecule has 6 heteroatoms. The lowest BCUT2D eigenvalue weighted by molar-refractivity contribution is -0.128. The highest BCUT2D eigenvalue weighted by Gasteiger charge is 2.34. The summed E-state index contributed by atoms with van der Waals surface area (Å²) in [5, 5.41) is 8.53. The van der Waals surface area contributed by atoms with Crippen LogP contribution in [0, 0.1) is 6.92 Å². The quantitative estimate of drug-likeness (QED) is 0.696. The van der Waals surface area contributed by atoms with Crippen LogP contribution in [0.25, 0.3) is 0 Å². The predicted molar refractivity (Wildman–Crippen MR) is 102 cm³/mol. The Morgan fingerprint density at radius 3 is 2.69 bits per heavy atom. The third-order valence-corrected chi connectivity index (χ3v) is 5.63. The average Bonchev–Trinajstić information content (AvgIpc) is 3.23. The molecule has 26 heavy (non-hydrogen) atoms. The van der Waals surface area contributed by atoms with Gasteiger partial charge < -0.3 is 4.90 Å². The number of aromatic nitrogens is 3. The predicted octanol–water partition coefficient (Wildman–Crippen LogP) is 3.41. The highest BCUT2D eigenvalue weighted by atomic mass is 32.2. The molecule has 1 amide bonds. The Labute approximate surface area is 157 Å². The summed E-state index contributed by atoms with van der Waals surface area (Å²) in [6, 6.07) is 18.4. The number of aryl methyl sites for hydroxylation is 1. The van der Waals surface area contributed by atoms with Gasteiger partial charge >= 0.3 is 0 Å². The van der Waals surface area contributed by atoms with Crippen molar-refractivity contribution in [1.82, 2.24) is 19.9 Å². The number of carbonyl (C=O) groups excluding carboxylic acids is 1. The normalized spacial score (nSPS) is 17.0. The summed E-state index contributed by atoms with van der Waals surface area (Å²) >= 11 is 1.61. The van der Waals surface area contributed by atoms with E-state index in [1.807, 2.05) is 46.1 Å². The van der Waals surface area contributed by atoms with Crippen molar-refractivity contribution in [3.8, 4) is 0 Å². The van der Waals surface area contributed by atoms with E-state index in [4.69, 9.17) is 0 Å². The first-order valence-corrected chi connectivity index (χ1v) is 9.64. The number of rotatable bonds is 5. The summed E-state index contributed by atoms with van der Waals surface area (Å²) < 4.78 is 1.84. The minimum absolute atomic E-state index is 0.0750. The lowest BCUT2D eigenvalue weighted by Crippen LogP contribution is -2.27. The molecule has 2 aromatic carbocycles. The molecule has 1 saturated heterocycles. The molecule has 2 heterocycles. The van der Waals surface area contributed by atoms with Crippen molar-refractivity contribution in [2.75, 3.05) is 5.75 Å². The third kappa shape index (κ3) is 3.65. The summed E-state index contributed by atoms with van der Waals surface area (Å²) in [6.45, 7) is 3.36. The minimum Gasteiger partial charge on any atom is -0.320 e. The maximum atomic E-state index is 12.3. The maximum Gasteiger partial charge on any atom is 0.234 e. The molecule has 1 atom stereocenters. The molecule has 3 aromatic rings. The number of amides is 1. The van der Waals surface area contributed by atoms with Gasteiger partial charge in [0.1, 0.15) is 11.1 Å². The molecule has 1 aromatic heterocycles. The second-order valence-electron chi connectivity index (χ2n) is 6.50. The Hall–Kier alpha value is -2.60. The van der Waals surface area contributed by atoms with Gasteiger partial charge in [-0.05, 0) is 18.1 Å². The number of hydrogen-bond donors (Lipinski definition) is 0. The summed E-state index contributed by atoms with van der Waals surface area (Å²) in [4.78, 5) is 14.2. The van der Waals surface area contributed by atoms with Crippen molar-refractivity contribution in [2.24, 2.45) is 0 Å². The van der Waals surface area contributed by atoms with Crippen molar-refractivity contribution in [1.29, 1.82) is 0 Å². The van der Waals surface area contributed by atoms with E-state index in [1.54, 1.807) is 11.8 Å². The highest BCUT2D eigenvalue weighted by Crippen LogP contribution is 2.38. The largest absolute Gasteiger partial charge is 0.320 e. The van der Waals surface area contributed by atoms with Gasteiger partial charge in [0.15, 0.2) is 0 Å². The van der Waals surface area contributed by atoms with E-state index in [9.17, 15) is 4.79 Å². The number of hydrogen-bond acceptors (Lipinski definition) is 4. The van der Waals surface area contributed by atoms with Crippen LogP contribution in [0.3, 0.4) is 0 Å². The van der Waals surface area contributed by atoms with E-state index >= 15 is 0 Å². The summed E-state index contributed by atoms with van der Waals surface area (Å²) in [7, 11) is 0. The fraction of sp³-hybridized carbons (Fsp3) is 0.250. The van der Waals surface area contributed by atoms with Crippen molar-refractivity contribution in [2.45, 2.75) is 25.4 Å². The molecule has 5 nitrogen and oxygen atoms in total. The van der Waals surface area contributed by atoms with Crippen LogP contribution in [-0.2, 0) is 17.9 Å². The lowest BCUT2D eigenvalue weighted by Gasteiger charge is -2.22. The van der Waals surface area contributed by atoms with Gasteiger partial charge in [-0.15, -0.1) is 16.9 Å². The Morgan fingerprint density at radius 1 is 1.08 bits per heavy atom. The van der Waals surface area contributed by atoms with Crippen LogP contribution in [0.4, 0.5) is 0 Å². The number of nitrogens with zero attached hydrogens (tertiary/aromatic N) is 4. The zero-order valence-corrected chi connectivity index (χ0v) is 15.4. The van der Waals surface area contributed by atoms with Crippen LogP contribution in [0.5, 0.6) is 0 Å². The summed E-state index contributed by atoms with van der Waals surface area (Å²) in [5.74, 6) is 0.638. The molecule has 0 radical (unpaired) electrons. The Kier molecular flexibility index (Phi) is 4.75. The Bertz CT molecular complexity index is 909. The van der Waals surface area contributed by atoms with Crippen molar-refractivity contribution in [3.63, 3.8) is 0 Å². The van der Waals surface area contributed by atoms with Crippen LogP contribution >= 0.6 is 11.8 Å². The monoisotopic (exact) mass is 364 g/mol. The van der Waals surface area contributed by atoms with Gasteiger partial charge in [-0.1, -0.05) is 65.4 Å². The molecular weight excluding hydrogens is 344 g/mol. The van der Waals surface area contributed by atoms with Crippen LogP contribution in [-0.4, -0.2) is 31.6 Å². The van der Waals surface area contributed by atoms with E-state index in [0.717, 1.165) is 11.3 Å². The number of thioether (sulfide) groups is 1. The fourth-order valence-electron chi connectivity index (χ4n) is 3.15. The minimum atomic E-state index is -0.0750. The first-order valence-electron chi connectivity index (χ1n) is 8.59. The Balaban J connectivity index is 1.51. The maximum absolute atomic E-state index is 12.3. The average molecular weight is 364 g/mol. The molecule has 1 unspecified atom stereocenters. The van der Waals surface area contributed by atoms with E-state index < -0.39 is 0 Å². The molecule has 0 bridgehead atoms. The molecule has 0 saturated carbocycles. The molecule has 0 N–H and O–H groups in total. The van der Waals surface area contributed by atoms with E-state index in [0.29, 0.717) is 18.8 Å². The van der Waals surface area contributed by atoms with Gasteiger partial charge in [0.25, 0.3) is 0 Å². The zero-order valence-electron chi connectivity index (χ0n) is 14.6. The van der Waals surface area contributed by atoms with Crippen molar-refractivity contribution in [3.05, 3.63) is 83.2 Å². The highest BCUT2D eigenvalue weighted by molar-refractivity contribution is 8.00. The van der Waals surface area contributed by atoms with E-state index in [2.05, 4.69) is 41.5 Å². The molecule has 132 valence electrons. The molecule has 0 spiro atoms. The first-order chi connectivity index (χ1) is 12.7. The lowest BCUT2D eigenvalue weighted by atomic mass is 10.1. The summed E-state index contributed by atoms with van der Waals surface area (Å²) in [5.41, 5.74) is 4.39. The van der Waals surface area contributed by atoms with Crippen molar-refractivity contribution >= 4 is 17.7 Å². The van der Waals surface area contributed by atoms with Gasteiger partial charge in [-0.3, -0.25) is 4.79 Å². The zero-order chi connectivity index (χ0) is 17.9. The van der Waals surface area contributed by atoms with Crippen LogP contribution in [0.1, 0.15) is 27.8 Å². The van der Waals surface area contributed by atoms with E-state index in [1.165, 1.54) is 11.1 Å². The molecule has 0 aliphatic carbocycles. The van der Waals surface area contributed by atoms with E-state index in [-0.39, 0.29) is 11.3 Å². The molecule has 1 aliphatic heterocycles. The van der Waals surface area contributed by atoms with Gasteiger partial charge in [0.05, 0.1) is 18.5 Å². The van der Waals surface area contributed by atoms with Crippen molar-refractivity contribution < 1.29 is 4.79 Å². The number of benzene rings is 2.